The number of hydrogen-bond donors (Lipinski definition) is 0. The lowest BCUT2D eigenvalue weighted by molar-refractivity contribution is -0.385. The van der Waals surface area contributed by atoms with E-state index in [1.54, 1.807) is 26.1 Å². The fourth-order valence-corrected chi connectivity index (χ4v) is 2.64. The van der Waals surface area contributed by atoms with Gasteiger partial charge in [0.2, 0.25) is 6.79 Å². The number of fused-ring (bicyclic) bond motifs is 1. The van der Waals surface area contributed by atoms with Crippen LogP contribution in [-0.2, 0) is 6.54 Å². The number of ether oxygens (including phenoxy) is 2. The lowest BCUT2D eigenvalue weighted by Gasteiger charge is -2.18. The molecule has 0 bridgehead atoms. The predicted octanol–water partition coefficient (Wildman–Crippen LogP) is 2.90. The van der Waals surface area contributed by atoms with E-state index in [1.807, 2.05) is 12.1 Å². The number of carbonyl (C=O) groups excluding carboxylic acids is 1. The zero-order valence-corrected chi connectivity index (χ0v) is 13.3. The summed E-state index contributed by atoms with van der Waals surface area (Å²) < 4.78 is 10.6. The molecule has 7 heteroatoms. The summed E-state index contributed by atoms with van der Waals surface area (Å²) in [5.74, 6) is 1.07. The fraction of sp³-hybridized carbons (Fsp3) is 0.235. The summed E-state index contributed by atoms with van der Waals surface area (Å²) in [7, 11) is 1.66. The Kier molecular flexibility index (Phi) is 4.07. The standard InChI is InChI=1S/C17H16N2O5/c1-11-13(4-3-5-14(11)19(21)22)17(20)18(2)9-12-6-7-15-16(8-12)24-10-23-15/h3-8H,9-10H2,1-2H3. The Balaban J connectivity index is 1.80. The number of nitro groups is 1. The van der Waals surface area contributed by atoms with E-state index >= 15 is 0 Å². The van der Waals surface area contributed by atoms with Gasteiger partial charge in [-0.3, -0.25) is 14.9 Å². The van der Waals surface area contributed by atoms with Crippen molar-refractivity contribution in [3.8, 4) is 11.5 Å². The van der Waals surface area contributed by atoms with E-state index in [9.17, 15) is 14.9 Å². The normalized spacial score (nSPS) is 12.1. The fourth-order valence-electron chi connectivity index (χ4n) is 2.64. The maximum absolute atomic E-state index is 12.6. The van der Waals surface area contributed by atoms with Crippen LogP contribution in [0.3, 0.4) is 0 Å². The smallest absolute Gasteiger partial charge is 0.273 e. The number of nitrogens with zero attached hydrogens (tertiary/aromatic N) is 2. The second-order valence-electron chi connectivity index (χ2n) is 5.56. The lowest BCUT2D eigenvalue weighted by Crippen LogP contribution is -2.27. The van der Waals surface area contributed by atoms with E-state index < -0.39 is 4.92 Å². The zero-order valence-electron chi connectivity index (χ0n) is 13.3. The second-order valence-corrected chi connectivity index (χ2v) is 5.56. The Morgan fingerprint density at radius 2 is 2.00 bits per heavy atom. The van der Waals surface area contributed by atoms with Crippen molar-refractivity contribution >= 4 is 11.6 Å². The molecule has 0 spiro atoms. The summed E-state index contributed by atoms with van der Waals surface area (Å²) in [6, 6.07) is 10.00. The first-order valence-corrected chi connectivity index (χ1v) is 7.35. The lowest BCUT2D eigenvalue weighted by atomic mass is 10.1. The molecule has 0 N–H and O–H groups in total. The minimum absolute atomic E-state index is 0.0580. The van der Waals surface area contributed by atoms with Crippen molar-refractivity contribution in [3.63, 3.8) is 0 Å². The number of carbonyl (C=O) groups is 1. The molecule has 0 radical (unpaired) electrons. The van der Waals surface area contributed by atoms with E-state index in [0.29, 0.717) is 29.2 Å². The molecule has 3 rings (SSSR count). The van der Waals surface area contributed by atoms with Crippen LogP contribution in [0.4, 0.5) is 5.69 Å². The molecule has 0 atom stereocenters. The van der Waals surface area contributed by atoms with Crippen LogP contribution in [0.1, 0.15) is 21.5 Å². The number of benzene rings is 2. The van der Waals surface area contributed by atoms with E-state index in [-0.39, 0.29) is 18.4 Å². The molecule has 0 saturated heterocycles. The highest BCUT2D eigenvalue weighted by molar-refractivity contribution is 5.96. The predicted molar refractivity (Wildman–Crippen MR) is 86.2 cm³/mol. The summed E-state index contributed by atoms with van der Waals surface area (Å²) in [5.41, 5.74) is 1.52. The summed E-state index contributed by atoms with van der Waals surface area (Å²) in [5, 5.41) is 11.0. The van der Waals surface area contributed by atoms with Crippen LogP contribution in [0, 0.1) is 17.0 Å². The van der Waals surface area contributed by atoms with Crippen LogP contribution in [-0.4, -0.2) is 29.6 Å². The van der Waals surface area contributed by atoms with Gasteiger partial charge in [0, 0.05) is 30.8 Å². The average Bonchev–Trinajstić information content (AvgIpc) is 3.01. The molecule has 0 aliphatic carbocycles. The van der Waals surface area contributed by atoms with Crippen molar-refractivity contribution in [2.24, 2.45) is 0 Å². The van der Waals surface area contributed by atoms with Gasteiger partial charge >= 0.3 is 0 Å². The van der Waals surface area contributed by atoms with Crippen molar-refractivity contribution in [3.05, 3.63) is 63.2 Å². The largest absolute Gasteiger partial charge is 0.454 e. The van der Waals surface area contributed by atoms with Crippen molar-refractivity contribution in [2.75, 3.05) is 13.8 Å². The molecular formula is C17H16N2O5. The molecule has 1 amide bonds. The molecule has 1 aliphatic heterocycles. The molecular weight excluding hydrogens is 312 g/mol. The summed E-state index contributed by atoms with van der Waals surface area (Å²) in [6.07, 6.45) is 0. The molecule has 2 aromatic rings. The van der Waals surface area contributed by atoms with Crippen LogP contribution in [0.15, 0.2) is 36.4 Å². The summed E-state index contributed by atoms with van der Waals surface area (Å²) in [4.78, 5) is 24.7. The number of nitro benzene ring substituents is 1. The third-order valence-electron chi connectivity index (χ3n) is 3.94. The van der Waals surface area contributed by atoms with E-state index in [2.05, 4.69) is 0 Å². The van der Waals surface area contributed by atoms with Crippen molar-refractivity contribution < 1.29 is 19.2 Å². The third-order valence-corrected chi connectivity index (χ3v) is 3.94. The van der Waals surface area contributed by atoms with Crippen LogP contribution in [0.5, 0.6) is 11.5 Å². The molecule has 0 saturated carbocycles. The van der Waals surface area contributed by atoms with E-state index in [1.165, 1.54) is 17.0 Å². The van der Waals surface area contributed by atoms with Gasteiger partial charge in [0.15, 0.2) is 11.5 Å². The highest BCUT2D eigenvalue weighted by Crippen LogP contribution is 2.33. The van der Waals surface area contributed by atoms with Gasteiger partial charge in [-0.05, 0) is 30.7 Å². The monoisotopic (exact) mass is 328 g/mol. The van der Waals surface area contributed by atoms with Crippen LogP contribution in [0.25, 0.3) is 0 Å². The minimum atomic E-state index is -0.482. The quantitative estimate of drug-likeness (QED) is 0.636. The first kappa shape index (κ1) is 15.8. The first-order chi connectivity index (χ1) is 11.5. The van der Waals surface area contributed by atoms with Gasteiger partial charge in [-0.15, -0.1) is 0 Å². The number of amides is 1. The van der Waals surface area contributed by atoms with Gasteiger partial charge in [-0.1, -0.05) is 12.1 Å². The first-order valence-electron chi connectivity index (χ1n) is 7.35. The van der Waals surface area contributed by atoms with Crippen LogP contribution < -0.4 is 9.47 Å². The second kappa shape index (κ2) is 6.19. The van der Waals surface area contributed by atoms with Gasteiger partial charge in [0.05, 0.1) is 4.92 Å². The topological polar surface area (TPSA) is 81.9 Å². The average molecular weight is 328 g/mol. The summed E-state index contributed by atoms with van der Waals surface area (Å²) in [6.45, 7) is 2.14. The highest BCUT2D eigenvalue weighted by atomic mass is 16.7. The van der Waals surface area contributed by atoms with Crippen LogP contribution >= 0.6 is 0 Å². The Bertz CT molecular complexity index is 819. The Hall–Kier alpha value is -3.09. The van der Waals surface area contributed by atoms with E-state index in [0.717, 1.165) is 5.56 Å². The Labute approximate surface area is 138 Å². The minimum Gasteiger partial charge on any atom is -0.454 e. The highest BCUT2D eigenvalue weighted by Gasteiger charge is 2.21. The van der Waals surface area contributed by atoms with Gasteiger partial charge in [-0.25, -0.2) is 0 Å². The van der Waals surface area contributed by atoms with Crippen LogP contribution in [0.2, 0.25) is 0 Å². The number of hydrogen-bond acceptors (Lipinski definition) is 5. The molecule has 0 unspecified atom stereocenters. The van der Waals surface area contributed by atoms with Gasteiger partial charge < -0.3 is 14.4 Å². The maximum atomic E-state index is 12.6. The zero-order chi connectivity index (χ0) is 17.3. The maximum Gasteiger partial charge on any atom is 0.273 e. The molecule has 7 nitrogen and oxygen atoms in total. The molecule has 2 aromatic carbocycles. The van der Waals surface area contributed by atoms with Gasteiger partial charge in [0.1, 0.15) is 0 Å². The summed E-state index contributed by atoms with van der Waals surface area (Å²) >= 11 is 0. The van der Waals surface area contributed by atoms with Gasteiger partial charge in [-0.2, -0.15) is 0 Å². The van der Waals surface area contributed by atoms with Crippen molar-refractivity contribution in [1.29, 1.82) is 0 Å². The van der Waals surface area contributed by atoms with Crippen molar-refractivity contribution in [1.82, 2.24) is 4.90 Å². The molecule has 1 aliphatic rings. The van der Waals surface area contributed by atoms with Crippen molar-refractivity contribution in [2.45, 2.75) is 13.5 Å². The molecule has 124 valence electrons. The number of rotatable bonds is 4. The molecule has 0 fully saturated rings. The molecule has 0 aromatic heterocycles. The Morgan fingerprint density at radius 3 is 2.75 bits per heavy atom. The molecule has 1 heterocycles. The molecule has 24 heavy (non-hydrogen) atoms. The van der Waals surface area contributed by atoms with E-state index in [4.69, 9.17) is 9.47 Å². The third kappa shape index (κ3) is 2.88. The van der Waals surface area contributed by atoms with Gasteiger partial charge in [0.25, 0.3) is 11.6 Å². The Morgan fingerprint density at radius 1 is 1.25 bits per heavy atom. The SMILES string of the molecule is Cc1c(C(=O)N(C)Cc2ccc3c(c2)OCO3)cccc1[N+](=O)[O-].